The average molecular weight is 712 g/mol. The van der Waals surface area contributed by atoms with Gasteiger partial charge in [-0.05, 0) is 60.6 Å². The van der Waals surface area contributed by atoms with Gasteiger partial charge >= 0.3 is 0 Å². The summed E-state index contributed by atoms with van der Waals surface area (Å²) in [7, 11) is 32.0. The van der Waals surface area contributed by atoms with Crippen molar-refractivity contribution in [2.45, 2.75) is 0 Å². The summed E-state index contributed by atoms with van der Waals surface area (Å²) < 4.78 is 7.18. The SMILES string of the molecule is Bc1c(B)c(B)c2c(oc3c(-c4c5ccccc5c(-c5cccc(-c6c(B)c(B)c(B)c7c(B)c(B)c(B)c(B)c67)c5)c5ccccc45)c(B)c(B)c(B)c32)c1B. The van der Waals surface area contributed by atoms with Gasteiger partial charge in [0.25, 0.3) is 0 Å². The molecule has 0 radical (unpaired) electrons. The molecule has 9 rings (SSSR count). The highest BCUT2D eigenvalue weighted by atomic mass is 16.3. The van der Waals surface area contributed by atoms with Crippen LogP contribution in [0.25, 0.3) is 87.6 Å². The van der Waals surface area contributed by atoms with Gasteiger partial charge in [0.1, 0.15) is 121 Å². The van der Waals surface area contributed by atoms with Crippen LogP contribution in [0, 0.1) is 0 Å². The standard InChI is InChI=1S/C42H40B14O/c43-27-20(22-23(29(45)34(27)50)30(46)37(53)36(52)28(22)44)14-7-5-6-13(12-14)19-15-8-1-3-10-17(15)21(18-11-4-2-9-16(18)19)24-31(47)35(51)32(48)25-26-33(49)38(54)39(55)40(56)42(26)57-41(24)25/h1-12H,43-56H2. The molecule has 1 heterocycles. The summed E-state index contributed by atoms with van der Waals surface area (Å²) >= 11 is 0. The van der Waals surface area contributed by atoms with E-state index in [2.05, 4.69) is 183 Å². The van der Waals surface area contributed by atoms with Gasteiger partial charge in [-0.15, -0.1) is 21.9 Å². The fraction of sp³-hybridized carbons (Fsp3) is 0. The topological polar surface area (TPSA) is 13.1 Å². The lowest BCUT2D eigenvalue weighted by Gasteiger charge is -2.25. The summed E-state index contributed by atoms with van der Waals surface area (Å²) in [5, 5.41) is 10.3. The van der Waals surface area contributed by atoms with Gasteiger partial charge < -0.3 is 4.42 Å². The fourth-order valence-corrected chi connectivity index (χ4v) is 10.5. The summed E-state index contributed by atoms with van der Waals surface area (Å²) in [5.41, 5.74) is 28.5. The van der Waals surface area contributed by atoms with E-state index < -0.39 is 0 Å². The molecule has 256 valence electrons. The predicted molar refractivity (Wildman–Crippen MR) is 297 cm³/mol. The van der Waals surface area contributed by atoms with E-state index in [4.69, 9.17) is 4.42 Å². The second-order valence-corrected chi connectivity index (χ2v) is 17.2. The van der Waals surface area contributed by atoms with Gasteiger partial charge in [-0.2, -0.15) is 0 Å². The lowest BCUT2D eigenvalue weighted by atomic mass is 9.59. The highest BCUT2D eigenvalue weighted by molar-refractivity contribution is 6.72. The molecule has 0 aliphatic heterocycles. The van der Waals surface area contributed by atoms with Crippen LogP contribution in [0.5, 0.6) is 0 Å². The van der Waals surface area contributed by atoms with Gasteiger partial charge in [0, 0.05) is 21.9 Å². The molecule has 0 saturated carbocycles. The maximum absolute atomic E-state index is 7.18. The van der Waals surface area contributed by atoms with Crippen LogP contribution < -0.4 is 76.5 Å². The van der Waals surface area contributed by atoms with Crippen molar-refractivity contribution in [3.63, 3.8) is 0 Å². The van der Waals surface area contributed by atoms with Crippen molar-refractivity contribution in [2.75, 3.05) is 0 Å². The Morgan fingerprint density at radius 1 is 0.263 bits per heavy atom. The van der Waals surface area contributed by atoms with Crippen molar-refractivity contribution in [1.29, 1.82) is 0 Å². The molecule has 0 unspecified atom stereocenters. The predicted octanol–water partition coefficient (Wildman–Crippen LogP) is -12.3. The van der Waals surface area contributed by atoms with Gasteiger partial charge in [0.15, 0.2) is 0 Å². The third kappa shape index (κ3) is 5.16. The van der Waals surface area contributed by atoms with Crippen LogP contribution >= 0.6 is 0 Å². The number of benzene rings is 8. The maximum Gasteiger partial charge on any atom is 0.143 e. The summed E-state index contributed by atoms with van der Waals surface area (Å²) in [6.45, 7) is 0. The third-order valence-corrected chi connectivity index (χ3v) is 14.8. The largest absolute Gasteiger partial charge is 0.456 e. The zero-order chi connectivity index (χ0) is 40.5. The minimum Gasteiger partial charge on any atom is -0.456 e. The molecule has 57 heavy (non-hydrogen) atoms. The third-order valence-electron chi connectivity index (χ3n) is 14.8. The summed E-state index contributed by atoms with van der Waals surface area (Å²) in [6, 6.07) is 27.5. The number of hydrogen-bond donors (Lipinski definition) is 0. The molecule has 0 aliphatic carbocycles. The van der Waals surface area contributed by atoms with Crippen LogP contribution in [-0.4, -0.2) is 110 Å². The molecule has 0 atom stereocenters. The Morgan fingerprint density at radius 2 is 0.632 bits per heavy atom. The van der Waals surface area contributed by atoms with E-state index in [0.717, 1.165) is 11.2 Å². The summed E-state index contributed by atoms with van der Waals surface area (Å²) in [6.07, 6.45) is 0. The van der Waals surface area contributed by atoms with Crippen LogP contribution in [0.15, 0.2) is 77.2 Å². The molecule has 15 heteroatoms. The first-order chi connectivity index (χ1) is 27.2. The van der Waals surface area contributed by atoms with E-state index in [0.29, 0.717) is 0 Å². The van der Waals surface area contributed by atoms with E-state index in [1.807, 2.05) is 0 Å². The molecule has 0 N–H and O–H groups in total. The zero-order valence-electron chi connectivity index (χ0n) is 36.3. The quantitative estimate of drug-likeness (QED) is 0.131. The molecule has 1 nitrogen and oxygen atoms in total. The highest BCUT2D eigenvalue weighted by Gasteiger charge is 2.26. The monoisotopic (exact) mass is 714 g/mol. The summed E-state index contributed by atoms with van der Waals surface area (Å²) in [5.74, 6) is 0. The molecule has 1 aromatic heterocycles. The normalized spacial score (nSPS) is 11.8. The first kappa shape index (κ1) is 37.8. The molecule has 0 bridgehead atoms. The van der Waals surface area contributed by atoms with Crippen LogP contribution in [0.1, 0.15) is 0 Å². The van der Waals surface area contributed by atoms with Crippen molar-refractivity contribution in [3.8, 4) is 33.4 Å². The van der Waals surface area contributed by atoms with Crippen molar-refractivity contribution in [3.05, 3.63) is 72.8 Å². The second-order valence-electron chi connectivity index (χ2n) is 17.2. The van der Waals surface area contributed by atoms with E-state index in [1.54, 1.807) is 0 Å². The first-order valence-corrected chi connectivity index (χ1v) is 20.6. The molecule has 0 amide bonds. The van der Waals surface area contributed by atoms with Crippen LogP contribution in [0.4, 0.5) is 0 Å². The molecule has 9 aromatic rings. The van der Waals surface area contributed by atoms with E-state index in [-0.39, 0.29) is 0 Å². The molecule has 0 aliphatic rings. The maximum atomic E-state index is 7.18. The van der Waals surface area contributed by atoms with E-state index in [9.17, 15) is 0 Å². The molecule has 8 aromatic carbocycles. The lowest BCUT2D eigenvalue weighted by Crippen LogP contribution is -2.52. The zero-order valence-corrected chi connectivity index (χ0v) is 36.3. The van der Waals surface area contributed by atoms with Crippen LogP contribution in [0.2, 0.25) is 0 Å². The lowest BCUT2D eigenvalue weighted by molar-refractivity contribution is 0.673. The number of furan rings is 1. The summed E-state index contributed by atoms with van der Waals surface area (Å²) in [4.78, 5) is 0. The van der Waals surface area contributed by atoms with Crippen LogP contribution in [0.3, 0.4) is 0 Å². The Bertz CT molecular complexity index is 3230. The van der Waals surface area contributed by atoms with Gasteiger partial charge in [-0.1, -0.05) is 121 Å². The molecular weight excluding hydrogens is 672 g/mol. The van der Waals surface area contributed by atoms with E-state index in [1.165, 1.54) is 153 Å². The number of rotatable bonds is 3. The van der Waals surface area contributed by atoms with Crippen molar-refractivity contribution in [1.82, 2.24) is 0 Å². The Labute approximate surface area is 349 Å². The molecule has 0 fully saturated rings. The van der Waals surface area contributed by atoms with Crippen molar-refractivity contribution >= 4 is 241 Å². The van der Waals surface area contributed by atoms with Crippen LogP contribution in [-0.2, 0) is 0 Å². The van der Waals surface area contributed by atoms with Crippen molar-refractivity contribution in [2.24, 2.45) is 0 Å². The van der Waals surface area contributed by atoms with Gasteiger partial charge in [-0.3, -0.25) is 0 Å². The Hall–Kier alpha value is -4.75. The Balaban J connectivity index is 1.40. The minimum absolute atomic E-state index is 1.00. The molecule has 0 spiro atoms. The van der Waals surface area contributed by atoms with E-state index >= 15 is 0 Å². The Morgan fingerprint density at radius 3 is 1.14 bits per heavy atom. The first-order valence-electron chi connectivity index (χ1n) is 20.6. The molecule has 0 saturated heterocycles. The van der Waals surface area contributed by atoms with Gasteiger partial charge in [0.05, 0.1) is 0 Å². The average Bonchev–Trinajstić information content (AvgIpc) is 3.62. The number of hydrogen-bond acceptors (Lipinski definition) is 1. The Kier molecular flexibility index (Phi) is 8.89. The minimum atomic E-state index is 1.00. The second kappa shape index (κ2) is 13.4. The van der Waals surface area contributed by atoms with Crippen molar-refractivity contribution < 1.29 is 4.42 Å². The number of fused-ring (bicyclic) bond motifs is 6. The molecular formula is C42H40B14O. The van der Waals surface area contributed by atoms with Gasteiger partial charge in [-0.25, -0.2) is 0 Å². The van der Waals surface area contributed by atoms with Gasteiger partial charge in [0.2, 0.25) is 0 Å². The highest BCUT2D eigenvalue weighted by Crippen LogP contribution is 2.45. The smallest absolute Gasteiger partial charge is 0.143 e. The fourth-order valence-electron chi connectivity index (χ4n) is 10.5.